The van der Waals surface area contributed by atoms with Gasteiger partial charge in [-0.1, -0.05) is 18.2 Å². The number of aryl methyl sites for hydroxylation is 1. The molecule has 0 spiro atoms. The van der Waals surface area contributed by atoms with Crippen molar-refractivity contribution in [2.75, 3.05) is 6.61 Å². The van der Waals surface area contributed by atoms with E-state index in [-0.39, 0.29) is 5.97 Å². The van der Waals surface area contributed by atoms with Crippen LogP contribution in [-0.2, 0) is 4.74 Å². The Labute approximate surface area is 111 Å². The van der Waals surface area contributed by atoms with Gasteiger partial charge in [0.15, 0.2) is 0 Å². The second-order valence-corrected chi connectivity index (χ2v) is 4.61. The number of hydrogen-bond acceptors (Lipinski definition) is 2. The normalized spacial score (nSPS) is 11.1. The second-order valence-electron chi connectivity index (χ2n) is 4.61. The molecule has 0 unspecified atom stereocenters. The first kappa shape index (κ1) is 11.8. The number of rotatable bonds is 2. The zero-order valence-electron chi connectivity index (χ0n) is 11.0. The van der Waals surface area contributed by atoms with Crippen molar-refractivity contribution >= 4 is 27.8 Å². The maximum Gasteiger partial charge on any atom is 0.338 e. The summed E-state index contributed by atoms with van der Waals surface area (Å²) >= 11 is 0. The summed E-state index contributed by atoms with van der Waals surface area (Å²) in [6.45, 7) is 4.22. The number of hydrogen-bond donors (Lipinski definition) is 1. The highest BCUT2D eigenvalue weighted by atomic mass is 16.5. The van der Waals surface area contributed by atoms with Crippen molar-refractivity contribution in [1.29, 1.82) is 0 Å². The topological polar surface area (TPSA) is 42.1 Å². The van der Waals surface area contributed by atoms with E-state index in [2.05, 4.69) is 11.1 Å². The van der Waals surface area contributed by atoms with Gasteiger partial charge >= 0.3 is 5.97 Å². The molecule has 3 heteroatoms. The smallest absolute Gasteiger partial charge is 0.338 e. The fourth-order valence-electron chi connectivity index (χ4n) is 2.53. The second kappa shape index (κ2) is 4.43. The molecule has 3 nitrogen and oxygen atoms in total. The number of ether oxygens (including phenoxy) is 1. The number of benzene rings is 2. The van der Waals surface area contributed by atoms with Crippen molar-refractivity contribution in [2.24, 2.45) is 0 Å². The summed E-state index contributed by atoms with van der Waals surface area (Å²) in [4.78, 5) is 15.2. The summed E-state index contributed by atoms with van der Waals surface area (Å²) in [5.41, 5.74) is 3.74. The SMILES string of the molecule is CCOC(=O)c1cc(C)c2c(c1)[nH]c1ccccc12. The monoisotopic (exact) mass is 253 g/mol. The van der Waals surface area contributed by atoms with Gasteiger partial charge < -0.3 is 9.72 Å². The number of para-hydroxylation sites is 1. The summed E-state index contributed by atoms with van der Waals surface area (Å²) in [5.74, 6) is -0.272. The number of carbonyl (C=O) groups excluding carboxylic acids is 1. The van der Waals surface area contributed by atoms with Crippen LogP contribution in [0, 0.1) is 6.92 Å². The lowest BCUT2D eigenvalue weighted by Gasteiger charge is -2.04. The van der Waals surface area contributed by atoms with E-state index in [9.17, 15) is 4.79 Å². The minimum absolute atomic E-state index is 0.272. The molecule has 0 atom stereocenters. The van der Waals surface area contributed by atoms with E-state index in [1.54, 1.807) is 0 Å². The zero-order valence-corrected chi connectivity index (χ0v) is 11.0. The standard InChI is InChI=1S/C16H15NO2/c1-3-19-16(18)11-8-10(2)15-12-6-4-5-7-13(12)17-14(15)9-11/h4-9,17H,3H2,1-2H3. The third-order valence-electron chi connectivity index (χ3n) is 3.31. The number of aromatic nitrogens is 1. The third kappa shape index (κ3) is 1.87. The van der Waals surface area contributed by atoms with Crippen molar-refractivity contribution in [2.45, 2.75) is 13.8 Å². The molecule has 19 heavy (non-hydrogen) atoms. The lowest BCUT2D eigenvalue weighted by molar-refractivity contribution is 0.0526. The lowest BCUT2D eigenvalue weighted by Crippen LogP contribution is -2.04. The Balaban J connectivity index is 2.26. The Morgan fingerprint density at radius 2 is 2.00 bits per heavy atom. The van der Waals surface area contributed by atoms with Crippen LogP contribution in [0.4, 0.5) is 0 Å². The number of aromatic amines is 1. The Bertz CT molecular complexity index is 771. The molecule has 3 rings (SSSR count). The predicted octanol–water partition coefficient (Wildman–Crippen LogP) is 3.81. The summed E-state index contributed by atoms with van der Waals surface area (Å²) in [5, 5.41) is 2.36. The molecule has 0 bridgehead atoms. The van der Waals surface area contributed by atoms with Crippen LogP contribution in [0.5, 0.6) is 0 Å². The molecular weight excluding hydrogens is 238 g/mol. The van der Waals surface area contributed by atoms with Gasteiger partial charge in [0.05, 0.1) is 12.2 Å². The fourth-order valence-corrected chi connectivity index (χ4v) is 2.53. The molecule has 2 aromatic carbocycles. The Morgan fingerprint density at radius 3 is 2.79 bits per heavy atom. The van der Waals surface area contributed by atoms with Gasteiger partial charge in [-0.05, 0) is 37.6 Å². The van der Waals surface area contributed by atoms with Crippen molar-refractivity contribution in [3.8, 4) is 0 Å². The van der Waals surface area contributed by atoms with Crippen molar-refractivity contribution < 1.29 is 9.53 Å². The van der Waals surface area contributed by atoms with E-state index in [4.69, 9.17) is 4.74 Å². The van der Waals surface area contributed by atoms with Gasteiger partial charge in [0.25, 0.3) is 0 Å². The van der Waals surface area contributed by atoms with Gasteiger partial charge in [-0.15, -0.1) is 0 Å². The number of H-pyrrole nitrogens is 1. The van der Waals surface area contributed by atoms with Crippen LogP contribution in [-0.4, -0.2) is 17.6 Å². The Hall–Kier alpha value is -2.29. The van der Waals surface area contributed by atoms with E-state index >= 15 is 0 Å². The third-order valence-corrected chi connectivity index (χ3v) is 3.31. The fraction of sp³-hybridized carbons (Fsp3) is 0.188. The average molecular weight is 253 g/mol. The summed E-state index contributed by atoms with van der Waals surface area (Å²) in [6.07, 6.45) is 0. The molecule has 1 heterocycles. The Kier molecular flexibility index (Phi) is 2.75. The highest BCUT2D eigenvalue weighted by Gasteiger charge is 2.12. The molecule has 0 saturated carbocycles. The zero-order chi connectivity index (χ0) is 13.4. The van der Waals surface area contributed by atoms with E-state index in [1.165, 1.54) is 10.8 Å². The van der Waals surface area contributed by atoms with Gasteiger partial charge in [-0.3, -0.25) is 0 Å². The van der Waals surface area contributed by atoms with Crippen LogP contribution in [0.15, 0.2) is 36.4 Å². The first-order valence-corrected chi connectivity index (χ1v) is 6.39. The average Bonchev–Trinajstić information content (AvgIpc) is 2.77. The first-order chi connectivity index (χ1) is 9.20. The summed E-state index contributed by atoms with van der Waals surface area (Å²) < 4.78 is 5.05. The molecule has 0 radical (unpaired) electrons. The molecule has 0 aliphatic carbocycles. The van der Waals surface area contributed by atoms with Gasteiger partial charge in [0.1, 0.15) is 0 Å². The predicted molar refractivity (Wildman–Crippen MR) is 76.5 cm³/mol. The number of nitrogens with one attached hydrogen (secondary N) is 1. The highest BCUT2D eigenvalue weighted by molar-refractivity contribution is 6.10. The molecule has 0 aliphatic rings. The number of esters is 1. The molecule has 0 fully saturated rings. The number of fused-ring (bicyclic) bond motifs is 3. The van der Waals surface area contributed by atoms with Gasteiger partial charge in [0, 0.05) is 21.8 Å². The lowest BCUT2D eigenvalue weighted by atomic mass is 10.0. The highest BCUT2D eigenvalue weighted by Crippen LogP contribution is 2.29. The first-order valence-electron chi connectivity index (χ1n) is 6.39. The molecule has 0 amide bonds. The van der Waals surface area contributed by atoms with E-state index in [0.29, 0.717) is 12.2 Å². The molecule has 3 aromatic rings. The van der Waals surface area contributed by atoms with Gasteiger partial charge in [0.2, 0.25) is 0 Å². The van der Waals surface area contributed by atoms with Crippen molar-refractivity contribution in [1.82, 2.24) is 4.98 Å². The van der Waals surface area contributed by atoms with E-state index in [0.717, 1.165) is 16.6 Å². The van der Waals surface area contributed by atoms with Gasteiger partial charge in [-0.25, -0.2) is 4.79 Å². The molecule has 1 N–H and O–H groups in total. The maximum atomic E-state index is 11.8. The van der Waals surface area contributed by atoms with Gasteiger partial charge in [-0.2, -0.15) is 0 Å². The van der Waals surface area contributed by atoms with E-state index in [1.807, 2.05) is 44.2 Å². The minimum atomic E-state index is -0.272. The van der Waals surface area contributed by atoms with Crippen LogP contribution in [0.25, 0.3) is 21.8 Å². The van der Waals surface area contributed by atoms with Crippen LogP contribution in [0.3, 0.4) is 0 Å². The van der Waals surface area contributed by atoms with Crippen LogP contribution in [0.2, 0.25) is 0 Å². The summed E-state index contributed by atoms with van der Waals surface area (Å²) in [7, 11) is 0. The molecule has 96 valence electrons. The van der Waals surface area contributed by atoms with E-state index < -0.39 is 0 Å². The summed E-state index contributed by atoms with van der Waals surface area (Å²) in [6, 6.07) is 11.9. The van der Waals surface area contributed by atoms with Crippen LogP contribution < -0.4 is 0 Å². The molecule has 1 aromatic heterocycles. The van der Waals surface area contributed by atoms with Crippen molar-refractivity contribution in [3.05, 3.63) is 47.5 Å². The maximum absolute atomic E-state index is 11.8. The largest absolute Gasteiger partial charge is 0.462 e. The quantitative estimate of drug-likeness (QED) is 0.706. The van der Waals surface area contributed by atoms with Crippen LogP contribution >= 0.6 is 0 Å². The molecular formula is C16H15NO2. The molecule has 0 aliphatic heterocycles. The Morgan fingerprint density at radius 1 is 1.21 bits per heavy atom. The molecule has 0 saturated heterocycles. The van der Waals surface area contributed by atoms with Crippen LogP contribution in [0.1, 0.15) is 22.8 Å². The van der Waals surface area contributed by atoms with Crippen molar-refractivity contribution in [3.63, 3.8) is 0 Å². The number of carbonyl (C=O) groups is 1. The minimum Gasteiger partial charge on any atom is -0.462 e.